The number of ether oxygens (including phenoxy) is 8. The van der Waals surface area contributed by atoms with Crippen LogP contribution in [0.25, 0.3) is 0 Å². The zero-order valence-corrected chi connectivity index (χ0v) is 24.1. The zero-order valence-electron chi connectivity index (χ0n) is 23.3. The Hall–Kier alpha value is -3.84. The average molecular weight is 617 g/mol. The lowest BCUT2D eigenvalue weighted by atomic mass is 9.91. The number of benzene rings is 2. The summed E-state index contributed by atoms with van der Waals surface area (Å²) in [5.74, 6) is -3.60. The van der Waals surface area contributed by atoms with Crippen molar-refractivity contribution in [3.05, 3.63) is 64.2 Å². The Kier molecular flexibility index (Phi) is 11.6. The van der Waals surface area contributed by atoms with Gasteiger partial charge in [-0.3, -0.25) is 0 Å². The topological polar surface area (TPSA) is 125 Å². The van der Waals surface area contributed by atoms with E-state index in [0.29, 0.717) is 22.8 Å². The van der Waals surface area contributed by atoms with Gasteiger partial charge in [0, 0.05) is 5.02 Å². The van der Waals surface area contributed by atoms with Crippen molar-refractivity contribution in [3.63, 3.8) is 0 Å². The molecule has 1 saturated heterocycles. The van der Waals surface area contributed by atoms with Gasteiger partial charge in [-0.15, -0.1) is 0 Å². The fraction of sp³-hybridized carbons (Fsp3) is 0.464. The van der Waals surface area contributed by atoms with E-state index in [9.17, 15) is 14.4 Å². The number of rotatable bonds is 10. The molecule has 1 aliphatic rings. The minimum absolute atomic E-state index is 0.140. The van der Waals surface area contributed by atoms with Crippen molar-refractivity contribution >= 4 is 30.1 Å². The molecule has 0 amide bonds. The number of hydrogen-bond acceptors (Lipinski definition) is 11. The number of halogens is 3. The van der Waals surface area contributed by atoms with Crippen LogP contribution in [0.2, 0.25) is 5.02 Å². The van der Waals surface area contributed by atoms with Crippen molar-refractivity contribution in [2.75, 3.05) is 26.9 Å². The molecule has 0 spiro atoms. The smallest absolute Gasteiger partial charge is 0.497 e. The SMILES string of the molecule is CCOC(=O)O[C@@H]1[C@@H](OC(=O)OCC)C(F)(F)[C@@H](OC(=O)OCC)O[C@H]1c1ccc(Cl)c(Cc2ccc(OC)cc2)c1. The van der Waals surface area contributed by atoms with Gasteiger partial charge >= 0.3 is 24.4 Å². The normalized spacial score (nSPS) is 21.0. The lowest BCUT2D eigenvalue weighted by Crippen LogP contribution is -2.62. The Morgan fingerprint density at radius 2 is 1.43 bits per heavy atom. The molecule has 3 rings (SSSR count). The molecular formula is C28H31ClF2O11. The Bertz CT molecular complexity index is 1220. The molecule has 0 aliphatic carbocycles. The molecule has 0 saturated carbocycles. The van der Waals surface area contributed by atoms with Gasteiger partial charge in [0.05, 0.1) is 26.9 Å². The predicted molar refractivity (Wildman–Crippen MR) is 142 cm³/mol. The molecule has 0 N–H and O–H groups in total. The summed E-state index contributed by atoms with van der Waals surface area (Å²) < 4.78 is 71.3. The third-order valence-electron chi connectivity index (χ3n) is 5.96. The summed E-state index contributed by atoms with van der Waals surface area (Å²) in [6, 6.07) is 11.6. The number of alkyl halides is 2. The molecule has 42 heavy (non-hydrogen) atoms. The molecule has 2 aromatic carbocycles. The van der Waals surface area contributed by atoms with Crippen molar-refractivity contribution < 1.29 is 61.1 Å². The van der Waals surface area contributed by atoms with Gasteiger partial charge in [-0.2, -0.15) is 8.78 Å². The summed E-state index contributed by atoms with van der Waals surface area (Å²) in [6.07, 6.45) is -12.7. The molecule has 230 valence electrons. The van der Waals surface area contributed by atoms with E-state index in [1.165, 1.54) is 40.0 Å². The number of hydrogen-bond donors (Lipinski definition) is 0. The summed E-state index contributed by atoms with van der Waals surface area (Å²) in [4.78, 5) is 36.6. The highest BCUT2D eigenvalue weighted by atomic mass is 35.5. The Morgan fingerprint density at radius 3 is 2.00 bits per heavy atom. The first kappa shape index (κ1) is 32.7. The van der Waals surface area contributed by atoms with Crippen LogP contribution in [0.15, 0.2) is 42.5 Å². The standard InChI is InChI=1S/C28H31ClF2O11/c1-5-36-25(32)40-22-21(17-10-13-20(29)18(15-17)14-16-8-11-19(35-4)12-9-16)39-24(42-27(34)38-7-3)28(30,31)23(22)41-26(33)37-6-2/h8-13,15,21-24H,5-7,14H2,1-4H3/t21-,22-,23+,24+/m0/s1. The van der Waals surface area contributed by atoms with E-state index in [2.05, 4.69) is 9.47 Å². The number of carbonyl (C=O) groups is 3. The van der Waals surface area contributed by atoms with Crippen LogP contribution in [0.5, 0.6) is 5.75 Å². The number of carbonyl (C=O) groups excluding carboxylic acids is 3. The molecule has 1 aliphatic heterocycles. The predicted octanol–water partition coefficient (Wildman–Crippen LogP) is 6.23. The summed E-state index contributed by atoms with van der Waals surface area (Å²) >= 11 is 6.45. The zero-order chi connectivity index (χ0) is 30.9. The quantitative estimate of drug-likeness (QED) is 0.223. The van der Waals surface area contributed by atoms with Crippen molar-refractivity contribution in [1.82, 2.24) is 0 Å². The van der Waals surface area contributed by atoms with E-state index in [0.717, 1.165) is 5.56 Å². The van der Waals surface area contributed by atoms with Crippen molar-refractivity contribution in [1.29, 1.82) is 0 Å². The molecule has 0 aromatic heterocycles. The van der Waals surface area contributed by atoms with Gasteiger partial charge in [-0.25, -0.2) is 14.4 Å². The fourth-order valence-corrected chi connectivity index (χ4v) is 4.27. The van der Waals surface area contributed by atoms with Gasteiger partial charge in [-0.1, -0.05) is 35.9 Å². The van der Waals surface area contributed by atoms with Crippen LogP contribution < -0.4 is 4.74 Å². The largest absolute Gasteiger partial charge is 0.510 e. The van der Waals surface area contributed by atoms with Crippen LogP contribution in [-0.4, -0.2) is 69.8 Å². The highest BCUT2D eigenvalue weighted by Crippen LogP contribution is 2.45. The lowest BCUT2D eigenvalue weighted by Gasteiger charge is -2.44. The van der Waals surface area contributed by atoms with E-state index in [-0.39, 0.29) is 25.4 Å². The third kappa shape index (κ3) is 8.13. The minimum Gasteiger partial charge on any atom is -0.497 e. The maximum atomic E-state index is 15.7. The van der Waals surface area contributed by atoms with Gasteiger partial charge in [0.15, 0.2) is 6.10 Å². The molecule has 4 atom stereocenters. The van der Waals surface area contributed by atoms with Gasteiger partial charge in [0.1, 0.15) is 11.9 Å². The van der Waals surface area contributed by atoms with E-state index >= 15 is 8.78 Å². The molecule has 11 nitrogen and oxygen atoms in total. The van der Waals surface area contributed by atoms with Crippen LogP contribution in [-0.2, 0) is 39.6 Å². The van der Waals surface area contributed by atoms with Crippen LogP contribution in [0.4, 0.5) is 23.2 Å². The second kappa shape index (κ2) is 14.9. The Morgan fingerprint density at radius 1 is 0.857 bits per heavy atom. The summed E-state index contributed by atoms with van der Waals surface area (Å²) in [5.41, 5.74) is 1.58. The van der Waals surface area contributed by atoms with Crippen LogP contribution in [0, 0.1) is 0 Å². The summed E-state index contributed by atoms with van der Waals surface area (Å²) in [5, 5.41) is 0.345. The van der Waals surface area contributed by atoms with Gasteiger partial charge in [0.2, 0.25) is 6.10 Å². The van der Waals surface area contributed by atoms with E-state index in [4.69, 9.17) is 40.0 Å². The van der Waals surface area contributed by atoms with Crippen molar-refractivity contribution in [2.24, 2.45) is 0 Å². The van der Waals surface area contributed by atoms with Gasteiger partial charge in [-0.05, 0) is 62.1 Å². The van der Waals surface area contributed by atoms with Gasteiger partial charge < -0.3 is 37.9 Å². The highest BCUT2D eigenvalue weighted by Gasteiger charge is 2.65. The molecule has 2 aromatic rings. The van der Waals surface area contributed by atoms with Crippen LogP contribution in [0.1, 0.15) is 43.6 Å². The van der Waals surface area contributed by atoms with Crippen LogP contribution in [0.3, 0.4) is 0 Å². The third-order valence-corrected chi connectivity index (χ3v) is 6.33. The molecule has 0 radical (unpaired) electrons. The molecule has 1 fully saturated rings. The number of methoxy groups -OCH3 is 1. The van der Waals surface area contributed by atoms with Gasteiger partial charge in [0.25, 0.3) is 6.29 Å². The minimum atomic E-state index is -4.24. The van der Waals surface area contributed by atoms with E-state index in [1.54, 1.807) is 18.2 Å². The molecule has 1 heterocycles. The Balaban J connectivity index is 2.07. The summed E-state index contributed by atoms with van der Waals surface area (Å²) in [6.45, 7) is 3.84. The maximum absolute atomic E-state index is 15.7. The van der Waals surface area contributed by atoms with Crippen molar-refractivity contribution in [3.8, 4) is 5.75 Å². The lowest BCUT2D eigenvalue weighted by molar-refractivity contribution is -0.346. The monoisotopic (exact) mass is 616 g/mol. The fourth-order valence-electron chi connectivity index (χ4n) is 4.09. The van der Waals surface area contributed by atoms with E-state index in [1.807, 2.05) is 12.1 Å². The molecule has 0 unspecified atom stereocenters. The first-order valence-electron chi connectivity index (χ1n) is 13.0. The maximum Gasteiger partial charge on any atom is 0.510 e. The summed E-state index contributed by atoms with van der Waals surface area (Å²) in [7, 11) is 1.54. The first-order chi connectivity index (χ1) is 20.0. The van der Waals surface area contributed by atoms with Crippen LogP contribution >= 0.6 is 11.6 Å². The van der Waals surface area contributed by atoms with Crippen molar-refractivity contribution in [2.45, 2.75) is 57.7 Å². The average Bonchev–Trinajstić information content (AvgIpc) is 2.94. The highest BCUT2D eigenvalue weighted by molar-refractivity contribution is 6.31. The Labute approximate surface area is 245 Å². The molecular weight excluding hydrogens is 586 g/mol. The molecule has 14 heteroatoms. The van der Waals surface area contributed by atoms with E-state index < -0.39 is 49.0 Å². The second-order valence-electron chi connectivity index (χ2n) is 8.73. The second-order valence-corrected chi connectivity index (χ2v) is 9.13. The molecule has 0 bridgehead atoms. The first-order valence-corrected chi connectivity index (χ1v) is 13.4.